The number of hydrogen-bond donors (Lipinski definition) is 1. The molecule has 0 aromatic carbocycles. The van der Waals surface area contributed by atoms with Crippen molar-refractivity contribution in [2.45, 2.75) is 91.3 Å². The quantitative estimate of drug-likeness (QED) is 0.322. The van der Waals surface area contributed by atoms with Gasteiger partial charge in [-0.15, -0.1) is 0 Å². The van der Waals surface area contributed by atoms with Crippen molar-refractivity contribution < 1.29 is 14.3 Å². The van der Waals surface area contributed by atoms with Gasteiger partial charge in [0.15, 0.2) is 6.10 Å². The molecule has 1 fully saturated rings. The van der Waals surface area contributed by atoms with Gasteiger partial charge in [-0.2, -0.15) is 5.26 Å². The summed E-state index contributed by atoms with van der Waals surface area (Å²) in [6.45, 7) is 8.51. The number of carbonyl (C=O) groups excluding carboxylic acids is 2. The molecule has 1 aliphatic carbocycles. The Balaban J connectivity index is 2.03. The summed E-state index contributed by atoms with van der Waals surface area (Å²) < 4.78 is 7.45. The number of nitrogens with zero attached hydrogens (tertiary/aromatic N) is 2. The van der Waals surface area contributed by atoms with E-state index < -0.39 is 12.1 Å². The second kappa shape index (κ2) is 10.8. The van der Waals surface area contributed by atoms with E-state index in [9.17, 15) is 14.9 Å². The number of carbonyl (C=O) groups is 2. The molecule has 1 aliphatic rings. The molecule has 0 aliphatic heterocycles. The average molecular weight is 400 g/mol. The topological polar surface area (TPSA) is 84.1 Å². The highest BCUT2D eigenvalue weighted by atomic mass is 16.5. The van der Waals surface area contributed by atoms with Crippen molar-refractivity contribution in [3.05, 3.63) is 28.6 Å². The Hall–Kier alpha value is -2.55. The van der Waals surface area contributed by atoms with E-state index in [0.29, 0.717) is 0 Å². The first-order valence-electron chi connectivity index (χ1n) is 10.7. The molecule has 1 atom stereocenters. The molecule has 1 aromatic heterocycles. The van der Waals surface area contributed by atoms with Crippen LogP contribution in [0.5, 0.6) is 0 Å². The number of esters is 1. The number of aromatic nitrogens is 1. The van der Waals surface area contributed by atoms with E-state index in [0.717, 1.165) is 55.6 Å². The molecular formula is C23H33N3O3. The number of hydrogen-bond acceptors (Lipinski definition) is 4. The predicted molar refractivity (Wildman–Crippen MR) is 113 cm³/mol. The summed E-state index contributed by atoms with van der Waals surface area (Å²) in [7, 11) is 0. The van der Waals surface area contributed by atoms with Gasteiger partial charge in [0.2, 0.25) is 0 Å². The molecule has 1 aromatic rings. The van der Waals surface area contributed by atoms with Crippen molar-refractivity contribution >= 4 is 18.0 Å². The Labute approximate surface area is 173 Å². The Morgan fingerprint density at radius 1 is 1.31 bits per heavy atom. The summed E-state index contributed by atoms with van der Waals surface area (Å²) in [6, 6.07) is 4.01. The van der Waals surface area contributed by atoms with Gasteiger partial charge in [0.05, 0.1) is 0 Å². The molecule has 1 N–H and O–H groups in total. The summed E-state index contributed by atoms with van der Waals surface area (Å²) in [6.07, 6.45) is 8.15. The molecule has 0 unspecified atom stereocenters. The molecule has 0 bridgehead atoms. The van der Waals surface area contributed by atoms with Gasteiger partial charge in [0.25, 0.3) is 5.91 Å². The zero-order valence-electron chi connectivity index (χ0n) is 18.1. The molecule has 1 saturated carbocycles. The molecule has 29 heavy (non-hydrogen) atoms. The van der Waals surface area contributed by atoms with E-state index in [1.165, 1.54) is 12.8 Å². The van der Waals surface area contributed by atoms with Crippen LogP contribution in [0.1, 0.15) is 75.7 Å². The van der Waals surface area contributed by atoms with Gasteiger partial charge in [-0.25, -0.2) is 4.79 Å². The van der Waals surface area contributed by atoms with Crippen LogP contribution in [0.2, 0.25) is 0 Å². The summed E-state index contributed by atoms with van der Waals surface area (Å²) >= 11 is 0. The van der Waals surface area contributed by atoms with Crippen LogP contribution in [0.25, 0.3) is 6.08 Å². The summed E-state index contributed by atoms with van der Waals surface area (Å²) in [4.78, 5) is 24.9. The molecule has 6 nitrogen and oxygen atoms in total. The van der Waals surface area contributed by atoms with E-state index in [-0.39, 0.29) is 17.5 Å². The number of nitrogens with one attached hydrogen (secondary N) is 1. The minimum absolute atomic E-state index is 0.101. The van der Waals surface area contributed by atoms with Crippen molar-refractivity contribution in [3.63, 3.8) is 0 Å². The third kappa shape index (κ3) is 6.22. The lowest BCUT2D eigenvalue weighted by molar-refractivity contribution is -0.151. The van der Waals surface area contributed by atoms with Crippen molar-refractivity contribution in [2.75, 3.05) is 0 Å². The van der Waals surface area contributed by atoms with Crippen LogP contribution < -0.4 is 5.32 Å². The maximum absolute atomic E-state index is 12.5. The SMILES string of the molecule is CCCn1c(C)cc(/C=C(\C#N)C(=O)O[C@H](C)C(=O)NC2CCCCCC2)c1C. The van der Waals surface area contributed by atoms with Gasteiger partial charge in [0, 0.05) is 24.0 Å². The van der Waals surface area contributed by atoms with Gasteiger partial charge < -0.3 is 14.6 Å². The van der Waals surface area contributed by atoms with Crippen LogP contribution in [0.3, 0.4) is 0 Å². The fraction of sp³-hybridized carbons (Fsp3) is 0.609. The number of amides is 1. The Bertz CT molecular complexity index is 793. The average Bonchev–Trinajstić information content (AvgIpc) is 2.86. The summed E-state index contributed by atoms with van der Waals surface area (Å²) in [5.74, 6) is -1.07. The van der Waals surface area contributed by atoms with Crippen LogP contribution in [0.4, 0.5) is 0 Å². The number of rotatable bonds is 7. The second-order valence-corrected chi connectivity index (χ2v) is 7.89. The van der Waals surface area contributed by atoms with Gasteiger partial charge in [-0.1, -0.05) is 32.6 Å². The van der Waals surface area contributed by atoms with Crippen molar-refractivity contribution in [3.8, 4) is 6.07 Å². The molecule has 0 saturated heterocycles. The maximum atomic E-state index is 12.5. The summed E-state index contributed by atoms with van der Waals surface area (Å²) in [5.41, 5.74) is 2.80. The standard InChI is InChI=1S/C23H33N3O3/c1-5-12-26-16(2)13-19(17(26)3)14-20(15-24)23(28)29-18(4)22(27)25-21-10-8-6-7-9-11-21/h13-14,18,21H,5-12H2,1-4H3,(H,25,27)/b20-14+/t18-/m1/s1. The molecule has 0 spiro atoms. The molecule has 158 valence electrons. The highest BCUT2D eigenvalue weighted by Gasteiger charge is 2.23. The zero-order chi connectivity index (χ0) is 21.4. The molecule has 0 radical (unpaired) electrons. The van der Waals surface area contributed by atoms with Crippen LogP contribution in [0.15, 0.2) is 11.6 Å². The fourth-order valence-corrected chi connectivity index (χ4v) is 3.85. The van der Waals surface area contributed by atoms with E-state index >= 15 is 0 Å². The lowest BCUT2D eigenvalue weighted by Crippen LogP contribution is -2.42. The molecule has 2 rings (SSSR count). The van der Waals surface area contributed by atoms with E-state index in [2.05, 4.69) is 16.8 Å². The molecule has 1 amide bonds. The summed E-state index contributed by atoms with van der Waals surface area (Å²) in [5, 5.41) is 12.4. The largest absolute Gasteiger partial charge is 0.448 e. The fourth-order valence-electron chi connectivity index (χ4n) is 3.85. The zero-order valence-corrected chi connectivity index (χ0v) is 18.1. The lowest BCUT2D eigenvalue weighted by Gasteiger charge is -2.19. The highest BCUT2D eigenvalue weighted by molar-refractivity contribution is 5.99. The van der Waals surface area contributed by atoms with Crippen LogP contribution in [-0.2, 0) is 20.9 Å². The van der Waals surface area contributed by atoms with Crippen molar-refractivity contribution in [1.29, 1.82) is 5.26 Å². The predicted octanol–water partition coefficient (Wildman–Crippen LogP) is 4.19. The number of ether oxygens (including phenoxy) is 1. The molecule has 1 heterocycles. The van der Waals surface area contributed by atoms with E-state index in [4.69, 9.17) is 4.74 Å². The van der Waals surface area contributed by atoms with Gasteiger partial charge in [0.1, 0.15) is 11.6 Å². The van der Waals surface area contributed by atoms with Gasteiger partial charge in [-0.3, -0.25) is 4.79 Å². The van der Waals surface area contributed by atoms with Crippen LogP contribution in [0, 0.1) is 25.2 Å². The van der Waals surface area contributed by atoms with Crippen molar-refractivity contribution in [1.82, 2.24) is 9.88 Å². The van der Waals surface area contributed by atoms with E-state index in [1.54, 1.807) is 13.0 Å². The Kier molecular flexibility index (Phi) is 8.50. The Morgan fingerprint density at radius 2 is 1.97 bits per heavy atom. The van der Waals surface area contributed by atoms with Crippen LogP contribution >= 0.6 is 0 Å². The van der Waals surface area contributed by atoms with Crippen molar-refractivity contribution in [2.24, 2.45) is 0 Å². The Morgan fingerprint density at radius 3 is 2.55 bits per heavy atom. The lowest BCUT2D eigenvalue weighted by atomic mass is 10.1. The van der Waals surface area contributed by atoms with Crippen LogP contribution in [-0.4, -0.2) is 28.6 Å². The minimum Gasteiger partial charge on any atom is -0.448 e. The molecule has 6 heteroatoms. The monoisotopic (exact) mass is 399 g/mol. The first-order valence-corrected chi connectivity index (χ1v) is 10.7. The maximum Gasteiger partial charge on any atom is 0.349 e. The van der Waals surface area contributed by atoms with Gasteiger partial charge in [-0.05, 0) is 57.7 Å². The molecular weight excluding hydrogens is 366 g/mol. The van der Waals surface area contributed by atoms with E-state index in [1.807, 2.05) is 26.0 Å². The first kappa shape index (κ1) is 22.7. The number of aryl methyl sites for hydroxylation is 1. The van der Waals surface area contributed by atoms with Gasteiger partial charge >= 0.3 is 5.97 Å². The highest BCUT2D eigenvalue weighted by Crippen LogP contribution is 2.20. The smallest absolute Gasteiger partial charge is 0.349 e. The first-order chi connectivity index (χ1) is 13.9. The normalized spacial score (nSPS) is 16.6. The minimum atomic E-state index is -0.935. The third-order valence-electron chi connectivity index (χ3n) is 5.55. The third-order valence-corrected chi connectivity index (χ3v) is 5.55. The number of nitriles is 1. The second-order valence-electron chi connectivity index (χ2n) is 7.89.